The molecule has 5 nitrogen and oxygen atoms in total. The van der Waals surface area contributed by atoms with E-state index in [1.54, 1.807) is 25.4 Å². The third-order valence-corrected chi connectivity index (χ3v) is 3.28. The van der Waals surface area contributed by atoms with Gasteiger partial charge < -0.3 is 14.5 Å². The summed E-state index contributed by atoms with van der Waals surface area (Å²) in [6.07, 6.45) is 1.58. The third-order valence-electron chi connectivity index (χ3n) is 3.28. The molecule has 2 heterocycles. The van der Waals surface area contributed by atoms with Crippen LogP contribution in [0, 0.1) is 0 Å². The highest BCUT2D eigenvalue weighted by Crippen LogP contribution is 2.14. The number of hydrogen-bond acceptors (Lipinski definition) is 4. The number of pyridine rings is 1. The van der Waals surface area contributed by atoms with Crippen LogP contribution in [0.2, 0.25) is 0 Å². The second-order valence-electron chi connectivity index (χ2n) is 4.70. The fourth-order valence-corrected chi connectivity index (χ4v) is 2.23. The second kappa shape index (κ2) is 5.35. The summed E-state index contributed by atoms with van der Waals surface area (Å²) in [5.41, 5.74) is 0.618. The zero-order valence-corrected chi connectivity index (χ0v) is 11.1. The molecule has 2 rings (SSSR count). The number of hydrogen-bond donors (Lipinski definition) is 0. The molecule has 18 heavy (non-hydrogen) atoms. The normalized spacial score (nSPS) is 20.8. The van der Waals surface area contributed by atoms with Gasteiger partial charge >= 0.3 is 0 Å². The Labute approximate surface area is 107 Å². The molecule has 1 atom stereocenters. The number of piperazine rings is 1. The molecule has 98 valence electrons. The van der Waals surface area contributed by atoms with Gasteiger partial charge in [-0.3, -0.25) is 4.79 Å². The minimum absolute atomic E-state index is 0.0470. The van der Waals surface area contributed by atoms with E-state index in [2.05, 4.69) is 23.9 Å². The van der Waals surface area contributed by atoms with Gasteiger partial charge in [-0.25, -0.2) is 4.98 Å². The van der Waals surface area contributed by atoms with Gasteiger partial charge in [-0.2, -0.15) is 0 Å². The molecule has 1 aliphatic rings. The lowest BCUT2D eigenvalue weighted by atomic mass is 10.1. The van der Waals surface area contributed by atoms with Crippen LogP contribution in [0.3, 0.4) is 0 Å². The van der Waals surface area contributed by atoms with Crippen molar-refractivity contribution in [3.63, 3.8) is 0 Å². The number of nitrogens with zero attached hydrogens (tertiary/aromatic N) is 3. The van der Waals surface area contributed by atoms with Crippen LogP contribution in [0.25, 0.3) is 0 Å². The number of aromatic nitrogens is 1. The van der Waals surface area contributed by atoms with Crippen molar-refractivity contribution in [3.8, 4) is 5.88 Å². The first-order valence-electron chi connectivity index (χ1n) is 6.11. The van der Waals surface area contributed by atoms with Crippen molar-refractivity contribution in [3.05, 3.63) is 23.9 Å². The van der Waals surface area contributed by atoms with Gasteiger partial charge in [0.25, 0.3) is 5.91 Å². The Morgan fingerprint density at radius 1 is 1.44 bits per heavy atom. The first-order chi connectivity index (χ1) is 8.61. The zero-order chi connectivity index (χ0) is 13.1. The zero-order valence-electron chi connectivity index (χ0n) is 11.1. The van der Waals surface area contributed by atoms with Gasteiger partial charge in [0, 0.05) is 37.9 Å². The molecule has 0 radical (unpaired) electrons. The highest BCUT2D eigenvalue weighted by molar-refractivity contribution is 5.94. The molecule has 0 spiro atoms. The van der Waals surface area contributed by atoms with Gasteiger partial charge in [0.2, 0.25) is 5.88 Å². The first-order valence-corrected chi connectivity index (χ1v) is 6.11. The first kappa shape index (κ1) is 12.8. The van der Waals surface area contributed by atoms with Crippen LogP contribution < -0.4 is 4.74 Å². The van der Waals surface area contributed by atoms with Crippen molar-refractivity contribution in [2.75, 3.05) is 33.8 Å². The maximum absolute atomic E-state index is 12.3. The molecule has 1 aromatic heterocycles. The summed E-state index contributed by atoms with van der Waals surface area (Å²) < 4.78 is 4.99. The van der Waals surface area contributed by atoms with E-state index in [0.29, 0.717) is 11.4 Å². The van der Waals surface area contributed by atoms with Crippen LogP contribution >= 0.6 is 0 Å². The number of rotatable bonds is 2. The lowest BCUT2D eigenvalue weighted by Gasteiger charge is -2.38. The molecule has 5 heteroatoms. The number of amides is 1. The molecular formula is C13H19N3O2. The SMILES string of the molecule is COc1ccc(C(=O)N2CCN(C)CC2C)cn1. The van der Waals surface area contributed by atoms with Crippen molar-refractivity contribution in [1.29, 1.82) is 0 Å². The standard InChI is InChI=1S/C13H19N3O2/c1-10-9-15(2)6-7-16(10)13(17)11-4-5-12(18-3)14-8-11/h4-5,8,10H,6-7,9H2,1-3H3. The quantitative estimate of drug-likeness (QED) is 0.780. The van der Waals surface area contributed by atoms with Crippen molar-refractivity contribution < 1.29 is 9.53 Å². The van der Waals surface area contributed by atoms with Gasteiger partial charge in [-0.15, -0.1) is 0 Å². The van der Waals surface area contributed by atoms with Crippen LogP contribution in [0.5, 0.6) is 5.88 Å². The fourth-order valence-electron chi connectivity index (χ4n) is 2.23. The highest BCUT2D eigenvalue weighted by Gasteiger charge is 2.26. The smallest absolute Gasteiger partial charge is 0.255 e. The molecule has 1 amide bonds. The second-order valence-corrected chi connectivity index (χ2v) is 4.70. The van der Waals surface area contributed by atoms with Gasteiger partial charge in [0.15, 0.2) is 0 Å². The Balaban J connectivity index is 2.10. The predicted molar refractivity (Wildman–Crippen MR) is 68.8 cm³/mol. The molecule has 1 aliphatic heterocycles. The van der Waals surface area contributed by atoms with Crippen LogP contribution in [-0.2, 0) is 0 Å². The molecular weight excluding hydrogens is 230 g/mol. The summed E-state index contributed by atoms with van der Waals surface area (Å²) in [5, 5.41) is 0. The van der Waals surface area contributed by atoms with E-state index in [0.717, 1.165) is 19.6 Å². The summed E-state index contributed by atoms with van der Waals surface area (Å²) in [5.74, 6) is 0.573. The number of carbonyl (C=O) groups is 1. The Hall–Kier alpha value is -1.62. The molecule has 0 saturated carbocycles. The highest BCUT2D eigenvalue weighted by atomic mass is 16.5. The molecule has 0 N–H and O–H groups in total. The van der Waals surface area contributed by atoms with Gasteiger partial charge in [-0.1, -0.05) is 0 Å². The van der Waals surface area contributed by atoms with E-state index >= 15 is 0 Å². The van der Waals surface area contributed by atoms with Crippen LogP contribution in [0.1, 0.15) is 17.3 Å². The number of likely N-dealkylation sites (N-methyl/N-ethyl adjacent to an activating group) is 1. The van der Waals surface area contributed by atoms with E-state index in [9.17, 15) is 4.79 Å². The van der Waals surface area contributed by atoms with Crippen LogP contribution in [0.4, 0.5) is 0 Å². The maximum Gasteiger partial charge on any atom is 0.255 e. The maximum atomic E-state index is 12.3. The monoisotopic (exact) mass is 249 g/mol. The molecule has 0 bridgehead atoms. The van der Waals surface area contributed by atoms with Crippen LogP contribution in [0.15, 0.2) is 18.3 Å². The molecule has 1 saturated heterocycles. The minimum atomic E-state index is 0.0470. The van der Waals surface area contributed by atoms with Crippen molar-refractivity contribution in [2.24, 2.45) is 0 Å². The molecule has 1 aromatic rings. The molecule has 0 aromatic carbocycles. The van der Waals surface area contributed by atoms with Crippen LogP contribution in [-0.4, -0.2) is 60.5 Å². The summed E-state index contributed by atoms with van der Waals surface area (Å²) in [6.45, 7) is 4.67. The molecule has 1 fully saturated rings. The molecule has 0 aliphatic carbocycles. The third kappa shape index (κ3) is 2.61. The minimum Gasteiger partial charge on any atom is -0.481 e. The Morgan fingerprint density at radius 3 is 2.78 bits per heavy atom. The Morgan fingerprint density at radius 2 is 2.22 bits per heavy atom. The average Bonchev–Trinajstić information content (AvgIpc) is 2.38. The van der Waals surface area contributed by atoms with Crippen molar-refractivity contribution in [2.45, 2.75) is 13.0 Å². The van der Waals surface area contributed by atoms with Gasteiger partial charge in [0.05, 0.1) is 12.7 Å². The Bertz CT molecular complexity index is 419. The fraction of sp³-hybridized carbons (Fsp3) is 0.538. The summed E-state index contributed by atoms with van der Waals surface area (Å²) in [4.78, 5) is 20.6. The average molecular weight is 249 g/mol. The predicted octanol–water partition coefficient (Wildman–Crippen LogP) is 0.866. The Kier molecular flexibility index (Phi) is 3.81. The number of ether oxygens (including phenoxy) is 1. The summed E-state index contributed by atoms with van der Waals surface area (Å²) in [7, 11) is 3.64. The van der Waals surface area contributed by atoms with E-state index in [1.165, 1.54) is 0 Å². The number of carbonyl (C=O) groups excluding carboxylic acids is 1. The lowest BCUT2D eigenvalue weighted by Crippen LogP contribution is -2.52. The largest absolute Gasteiger partial charge is 0.481 e. The van der Waals surface area contributed by atoms with Gasteiger partial charge in [0.1, 0.15) is 0 Å². The molecule has 1 unspecified atom stereocenters. The lowest BCUT2D eigenvalue weighted by molar-refractivity contribution is 0.0533. The van der Waals surface area contributed by atoms with Gasteiger partial charge in [-0.05, 0) is 20.0 Å². The van der Waals surface area contributed by atoms with E-state index in [1.807, 2.05) is 4.90 Å². The topological polar surface area (TPSA) is 45.7 Å². The number of methoxy groups -OCH3 is 1. The van der Waals surface area contributed by atoms with Crippen molar-refractivity contribution >= 4 is 5.91 Å². The van der Waals surface area contributed by atoms with E-state index in [4.69, 9.17) is 4.74 Å². The van der Waals surface area contributed by atoms with Crippen molar-refractivity contribution in [1.82, 2.24) is 14.8 Å². The van der Waals surface area contributed by atoms with E-state index < -0.39 is 0 Å². The summed E-state index contributed by atoms with van der Waals surface area (Å²) in [6, 6.07) is 3.71. The van der Waals surface area contributed by atoms with E-state index in [-0.39, 0.29) is 11.9 Å². The summed E-state index contributed by atoms with van der Waals surface area (Å²) >= 11 is 0.